The molecule has 10 heteroatoms. The summed E-state index contributed by atoms with van der Waals surface area (Å²) in [7, 11) is 0. The molecule has 0 aromatic carbocycles. The molecule has 5 aliphatic rings. The zero-order chi connectivity index (χ0) is 23.9. The van der Waals surface area contributed by atoms with Crippen molar-refractivity contribution < 1.29 is 18.7 Å². The van der Waals surface area contributed by atoms with E-state index in [9.17, 15) is 14.0 Å². The lowest BCUT2D eigenvalue weighted by atomic mass is 9.69. The number of nitrogens with one attached hydrogen (secondary N) is 1. The van der Waals surface area contributed by atoms with Crippen LogP contribution >= 0.6 is 0 Å². The Morgan fingerprint density at radius 1 is 1.37 bits per heavy atom. The molecule has 1 N–H and O–H groups in total. The number of rotatable bonds is 7. The predicted molar refractivity (Wildman–Crippen MR) is 125 cm³/mol. The van der Waals surface area contributed by atoms with Gasteiger partial charge in [-0.2, -0.15) is 10.1 Å². The van der Waals surface area contributed by atoms with Gasteiger partial charge in [0.1, 0.15) is 29.6 Å². The number of anilines is 1. The third-order valence-corrected chi connectivity index (χ3v) is 7.83. The van der Waals surface area contributed by atoms with Gasteiger partial charge in [0, 0.05) is 36.7 Å². The lowest BCUT2D eigenvalue weighted by Gasteiger charge is -2.42. The number of ether oxygens (including phenoxy) is 2. The van der Waals surface area contributed by atoms with Crippen LogP contribution in [0.2, 0.25) is 0 Å². The van der Waals surface area contributed by atoms with Gasteiger partial charge < -0.3 is 19.4 Å². The minimum atomic E-state index is -0.683. The molecule has 3 saturated carbocycles. The summed E-state index contributed by atoms with van der Waals surface area (Å²) in [5.41, 5.74) is -0.335. The van der Waals surface area contributed by atoms with Crippen molar-refractivity contribution in [3.8, 4) is 5.88 Å². The van der Waals surface area contributed by atoms with E-state index in [0.717, 1.165) is 19.3 Å². The van der Waals surface area contributed by atoms with E-state index in [2.05, 4.69) is 22.3 Å². The van der Waals surface area contributed by atoms with E-state index in [4.69, 9.17) is 9.47 Å². The lowest BCUT2D eigenvalue weighted by molar-refractivity contribution is -0.0336. The van der Waals surface area contributed by atoms with Crippen molar-refractivity contribution in [1.29, 1.82) is 0 Å². The van der Waals surface area contributed by atoms with Gasteiger partial charge in [0.05, 0.1) is 12.1 Å². The van der Waals surface area contributed by atoms with Crippen molar-refractivity contribution in [3.63, 3.8) is 0 Å². The van der Waals surface area contributed by atoms with Crippen molar-refractivity contribution in [2.75, 3.05) is 18.6 Å². The number of halogens is 1. The van der Waals surface area contributed by atoms with Gasteiger partial charge in [0.25, 0.3) is 11.5 Å². The topological polar surface area (TPSA) is 100 Å². The van der Waals surface area contributed by atoms with Gasteiger partial charge in [0.15, 0.2) is 5.65 Å². The Morgan fingerprint density at radius 3 is 2.86 bits per heavy atom. The highest BCUT2D eigenvalue weighted by atomic mass is 19.1. The minimum Gasteiger partial charge on any atom is -0.474 e. The maximum absolute atomic E-state index is 13.4. The number of nitrogens with zero attached hydrogens (tertiary/aromatic N) is 4. The zero-order valence-corrected chi connectivity index (χ0v) is 19.4. The molecular formula is C25H26FN5O4. The standard InChI is InChI=1S/C25H26FN5O4/c1-14-7-19(14)30-6-2-3-18(23(30)33)27-21(32)17-8-15-9-31(24-10-25(11-24,12-26)34-13-24)29-20(15)28-22(17)35-16-4-5-16/h2-3,6,8-9,14,16,19H,4-5,7,10-13H2,1H3,(H,27,32)/t14-,19+,24?,25?/m1/s1. The van der Waals surface area contributed by atoms with E-state index in [-0.39, 0.29) is 40.4 Å². The summed E-state index contributed by atoms with van der Waals surface area (Å²) in [6, 6.07) is 5.27. The summed E-state index contributed by atoms with van der Waals surface area (Å²) in [4.78, 5) is 30.8. The molecule has 0 spiro atoms. The van der Waals surface area contributed by atoms with E-state index in [0.29, 0.717) is 36.4 Å². The molecule has 2 saturated heterocycles. The van der Waals surface area contributed by atoms with E-state index in [1.807, 2.05) is 6.20 Å². The Labute approximate surface area is 200 Å². The highest BCUT2D eigenvalue weighted by molar-refractivity contribution is 6.07. The Morgan fingerprint density at radius 2 is 2.17 bits per heavy atom. The largest absolute Gasteiger partial charge is 0.474 e. The Kier molecular flexibility index (Phi) is 4.29. The maximum Gasteiger partial charge on any atom is 0.274 e. The molecular weight excluding hydrogens is 453 g/mol. The summed E-state index contributed by atoms with van der Waals surface area (Å²) in [6.07, 6.45) is 7.54. The Hall–Kier alpha value is -3.27. The quantitative estimate of drug-likeness (QED) is 0.559. The van der Waals surface area contributed by atoms with Crippen LogP contribution < -0.4 is 15.6 Å². The van der Waals surface area contributed by atoms with Gasteiger partial charge in [-0.05, 0) is 43.4 Å². The molecule has 3 aliphatic carbocycles. The lowest BCUT2D eigenvalue weighted by Crippen LogP contribution is -2.52. The van der Waals surface area contributed by atoms with E-state index < -0.39 is 18.2 Å². The zero-order valence-electron chi connectivity index (χ0n) is 19.4. The first-order valence-electron chi connectivity index (χ1n) is 12.2. The molecule has 1 amide bonds. The third kappa shape index (κ3) is 3.30. The number of amides is 1. The average molecular weight is 480 g/mol. The summed E-state index contributed by atoms with van der Waals surface area (Å²) in [5.74, 6) is 0.210. The van der Waals surface area contributed by atoms with E-state index >= 15 is 0 Å². The van der Waals surface area contributed by atoms with Crippen LogP contribution in [0.4, 0.5) is 10.1 Å². The van der Waals surface area contributed by atoms with Crippen molar-refractivity contribution >= 4 is 22.6 Å². The summed E-state index contributed by atoms with van der Waals surface area (Å²) in [5, 5.41) is 8.09. The molecule has 2 bridgehead atoms. The molecule has 9 nitrogen and oxygen atoms in total. The third-order valence-electron chi connectivity index (χ3n) is 7.83. The molecule has 3 aromatic heterocycles. The van der Waals surface area contributed by atoms with Crippen molar-refractivity contribution in [3.05, 3.63) is 46.5 Å². The van der Waals surface area contributed by atoms with Gasteiger partial charge in [0.2, 0.25) is 5.88 Å². The molecule has 8 rings (SSSR count). The number of carbonyl (C=O) groups excluding carboxylic acids is 1. The number of fused-ring (bicyclic) bond motifs is 2. The molecule has 5 heterocycles. The first-order valence-corrected chi connectivity index (χ1v) is 12.2. The summed E-state index contributed by atoms with van der Waals surface area (Å²) < 4.78 is 28.5. The maximum atomic E-state index is 13.4. The Balaban J connectivity index is 1.22. The number of aromatic nitrogens is 4. The average Bonchev–Trinajstić information content (AvgIpc) is 3.64. The first-order chi connectivity index (χ1) is 16.9. The van der Waals surface area contributed by atoms with Crippen LogP contribution in [-0.4, -0.2) is 50.2 Å². The van der Waals surface area contributed by atoms with Gasteiger partial charge in [-0.1, -0.05) is 6.92 Å². The molecule has 0 radical (unpaired) electrons. The smallest absolute Gasteiger partial charge is 0.274 e. The number of pyridine rings is 2. The normalized spacial score (nSPS) is 30.8. The summed E-state index contributed by atoms with van der Waals surface area (Å²) >= 11 is 0. The van der Waals surface area contributed by atoms with Crippen LogP contribution in [0.1, 0.15) is 55.4 Å². The van der Waals surface area contributed by atoms with Crippen molar-refractivity contribution in [1.82, 2.24) is 19.3 Å². The number of hydrogen-bond donors (Lipinski definition) is 1. The molecule has 3 aromatic rings. The van der Waals surface area contributed by atoms with Crippen LogP contribution in [0.5, 0.6) is 5.88 Å². The predicted octanol–water partition coefficient (Wildman–Crippen LogP) is 3.20. The highest BCUT2D eigenvalue weighted by Gasteiger charge is 2.64. The van der Waals surface area contributed by atoms with Gasteiger partial charge >= 0.3 is 0 Å². The number of alkyl halides is 1. The highest BCUT2D eigenvalue weighted by Crippen LogP contribution is 2.56. The van der Waals surface area contributed by atoms with Crippen LogP contribution in [0.25, 0.3) is 11.0 Å². The first kappa shape index (κ1) is 21.0. The summed E-state index contributed by atoms with van der Waals surface area (Å²) in [6.45, 7) is 2.01. The van der Waals surface area contributed by atoms with Gasteiger partial charge in [-0.15, -0.1) is 0 Å². The fourth-order valence-corrected chi connectivity index (χ4v) is 5.53. The number of carbonyl (C=O) groups is 1. The van der Waals surface area contributed by atoms with Crippen LogP contribution in [0.15, 0.2) is 35.4 Å². The fourth-order valence-electron chi connectivity index (χ4n) is 5.53. The SMILES string of the molecule is C[C@@H]1C[C@@H]1n1cccc(NC(=O)c2cc3cn(C45COC(CF)(C4)C5)nc3nc2OC2CC2)c1=O. The minimum absolute atomic E-state index is 0.0255. The van der Waals surface area contributed by atoms with Crippen LogP contribution in [-0.2, 0) is 10.3 Å². The molecule has 2 aliphatic heterocycles. The van der Waals surface area contributed by atoms with Gasteiger partial charge in [-0.25, -0.2) is 4.39 Å². The molecule has 5 fully saturated rings. The second-order valence-electron chi connectivity index (χ2n) is 10.7. The second-order valence-corrected chi connectivity index (χ2v) is 10.7. The van der Waals surface area contributed by atoms with Crippen molar-refractivity contribution in [2.24, 2.45) is 5.92 Å². The molecule has 0 unspecified atom stereocenters. The van der Waals surface area contributed by atoms with E-state index in [1.54, 1.807) is 33.6 Å². The Bertz CT molecular complexity index is 1420. The van der Waals surface area contributed by atoms with Crippen LogP contribution in [0.3, 0.4) is 0 Å². The monoisotopic (exact) mass is 479 g/mol. The van der Waals surface area contributed by atoms with Gasteiger partial charge in [-0.3, -0.25) is 14.3 Å². The number of hydrogen-bond acceptors (Lipinski definition) is 6. The molecule has 35 heavy (non-hydrogen) atoms. The molecule has 2 atom stereocenters. The van der Waals surface area contributed by atoms with Crippen molar-refractivity contribution in [2.45, 2.75) is 62.3 Å². The van der Waals surface area contributed by atoms with Crippen LogP contribution in [0, 0.1) is 5.92 Å². The molecule has 182 valence electrons. The van der Waals surface area contributed by atoms with E-state index in [1.165, 1.54) is 0 Å². The fraction of sp³-hybridized carbons (Fsp3) is 0.520. The second kappa shape index (κ2) is 7.13.